The van der Waals surface area contributed by atoms with Crippen molar-refractivity contribution < 1.29 is 4.79 Å². The summed E-state index contributed by atoms with van der Waals surface area (Å²) in [5.41, 5.74) is 2.45. The Labute approximate surface area is 186 Å². The molecule has 6 heteroatoms. The second-order valence-corrected chi connectivity index (χ2v) is 9.11. The smallest absolute Gasteiger partial charge is 0.220 e. The Morgan fingerprint density at radius 2 is 2.03 bits per heavy atom. The van der Waals surface area contributed by atoms with Crippen molar-refractivity contribution in [2.45, 2.75) is 58.0 Å². The molecule has 0 bridgehead atoms. The number of likely N-dealkylation sites (N-methyl/N-ethyl adjacent to an activating group) is 1. The van der Waals surface area contributed by atoms with Gasteiger partial charge in [0.05, 0.1) is 5.69 Å². The molecule has 0 aliphatic carbocycles. The summed E-state index contributed by atoms with van der Waals surface area (Å²) in [6.07, 6.45) is 10.4. The topological polar surface area (TPSA) is 53.4 Å². The molecule has 1 amide bonds. The Morgan fingerprint density at radius 3 is 2.81 bits per heavy atom. The highest BCUT2D eigenvalue weighted by molar-refractivity contribution is 5.75. The number of rotatable bonds is 9. The fourth-order valence-electron chi connectivity index (χ4n) is 5.11. The van der Waals surface area contributed by atoms with Crippen molar-refractivity contribution in [3.8, 4) is 5.69 Å². The van der Waals surface area contributed by atoms with Gasteiger partial charge in [-0.25, -0.2) is 4.68 Å². The number of piperidine rings is 1. The van der Waals surface area contributed by atoms with E-state index in [0.717, 1.165) is 44.8 Å². The highest BCUT2D eigenvalue weighted by Crippen LogP contribution is 2.23. The van der Waals surface area contributed by atoms with Crippen molar-refractivity contribution in [1.82, 2.24) is 24.9 Å². The van der Waals surface area contributed by atoms with Gasteiger partial charge in [-0.15, -0.1) is 0 Å². The minimum absolute atomic E-state index is 0.237. The second-order valence-electron chi connectivity index (χ2n) is 9.11. The van der Waals surface area contributed by atoms with Gasteiger partial charge >= 0.3 is 0 Å². The first-order valence-electron chi connectivity index (χ1n) is 12.0. The van der Waals surface area contributed by atoms with Gasteiger partial charge in [0.2, 0.25) is 5.91 Å². The van der Waals surface area contributed by atoms with E-state index < -0.39 is 0 Å². The van der Waals surface area contributed by atoms with Crippen LogP contribution in [0.1, 0.15) is 51.0 Å². The van der Waals surface area contributed by atoms with Gasteiger partial charge in [0.1, 0.15) is 0 Å². The lowest BCUT2D eigenvalue weighted by Crippen LogP contribution is -2.40. The lowest BCUT2D eigenvalue weighted by Gasteiger charge is -2.32. The first kappa shape index (κ1) is 22.0. The van der Waals surface area contributed by atoms with Crippen LogP contribution < -0.4 is 5.32 Å². The summed E-state index contributed by atoms with van der Waals surface area (Å²) < 4.78 is 1.91. The van der Waals surface area contributed by atoms with Crippen molar-refractivity contribution >= 4 is 5.91 Å². The molecule has 6 nitrogen and oxygen atoms in total. The molecule has 0 unspecified atom stereocenters. The Bertz CT molecular complexity index is 813. The predicted molar refractivity (Wildman–Crippen MR) is 124 cm³/mol. The standard InChI is InChI=1S/C25H37N5O/c1-2-29-14-4-8-24(29)19-26-25(31)10-9-21-11-16-28(17-12-21)20-22-6-3-7-23(18-22)30-15-5-13-27-30/h3,5-7,13,15,18,21,24H,2,4,8-12,14,16-17,19-20H2,1H3,(H,26,31)/t24-/m1/s1. The normalized spacial score (nSPS) is 20.9. The molecule has 2 saturated heterocycles. The number of nitrogens with zero attached hydrogens (tertiary/aromatic N) is 4. The summed E-state index contributed by atoms with van der Waals surface area (Å²) in [6, 6.07) is 11.1. The van der Waals surface area contributed by atoms with E-state index in [2.05, 4.69) is 51.4 Å². The van der Waals surface area contributed by atoms with E-state index in [0.29, 0.717) is 18.4 Å². The predicted octanol–water partition coefficient (Wildman–Crippen LogP) is 3.47. The van der Waals surface area contributed by atoms with E-state index in [1.165, 1.54) is 37.8 Å². The molecule has 2 fully saturated rings. The monoisotopic (exact) mass is 423 g/mol. The van der Waals surface area contributed by atoms with E-state index in [-0.39, 0.29) is 5.91 Å². The average Bonchev–Trinajstić information content (AvgIpc) is 3.49. The van der Waals surface area contributed by atoms with Gasteiger partial charge in [-0.05, 0) is 88.0 Å². The molecule has 1 atom stereocenters. The average molecular weight is 424 g/mol. The van der Waals surface area contributed by atoms with Gasteiger partial charge in [-0.2, -0.15) is 5.10 Å². The molecule has 2 aliphatic heterocycles. The SMILES string of the molecule is CCN1CCC[C@@H]1CNC(=O)CCC1CCN(Cc2cccc(-n3cccn3)c2)CC1. The lowest BCUT2D eigenvalue weighted by molar-refractivity contribution is -0.121. The second kappa shape index (κ2) is 10.9. The molecule has 168 valence electrons. The summed E-state index contributed by atoms with van der Waals surface area (Å²) >= 11 is 0. The largest absolute Gasteiger partial charge is 0.355 e. The van der Waals surface area contributed by atoms with E-state index in [1.54, 1.807) is 0 Å². The summed E-state index contributed by atoms with van der Waals surface area (Å²) in [4.78, 5) is 17.4. The number of aromatic nitrogens is 2. The maximum atomic E-state index is 12.3. The Morgan fingerprint density at radius 1 is 1.16 bits per heavy atom. The number of hydrogen-bond acceptors (Lipinski definition) is 4. The van der Waals surface area contributed by atoms with E-state index >= 15 is 0 Å². The van der Waals surface area contributed by atoms with Gasteiger partial charge in [0.15, 0.2) is 0 Å². The Hall–Kier alpha value is -2.18. The number of amides is 1. The van der Waals surface area contributed by atoms with Crippen LogP contribution in [-0.2, 0) is 11.3 Å². The van der Waals surface area contributed by atoms with Crippen LogP contribution in [0.5, 0.6) is 0 Å². The van der Waals surface area contributed by atoms with Crippen LogP contribution >= 0.6 is 0 Å². The van der Waals surface area contributed by atoms with Crippen molar-refractivity contribution in [1.29, 1.82) is 0 Å². The maximum absolute atomic E-state index is 12.3. The van der Waals surface area contributed by atoms with Crippen LogP contribution in [0.15, 0.2) is 42.7 Å². The Kier molecular flexibility index (Phi) is 7.76. The van der Waals surface area contributed by atoms with Crippen LogP contribution in [0, 0.1) is 5.92 Å². The summed E-state index contributed by atoms with van der Waals surface area (Å²) in [5.74, 6) is 0.914. The molecule has 0 saturated carbocycles. The number of benzene rings is 1. The quantitative estimate of drug-likeness (QED) is 0.671. The minimum atomic E-state index is 0.237. The molecule has 1 aromatic heterocycles. The van der Waals surface area contributed by atoms with Gasteiger partial charge in [-0.3, -0.25) is 14.6 Å². The molecular formula is C25H37N5O. The zero-order valence-corrected chi connectivity index (χ0v) is 18.9. The first-order chi connectivity index (χ1) is 15.2. The van der Waals surface area contributed by atoms with Gasteiger partial charge in [-0.1, -0.05) is 19.1 Å². The maximum Gasteiger partial charge on any atom is 0.220 e. The number of likely N-dealkylation sites (tertiary alicyclic amines) is 2. The van der Waals surface area contributed by atoms with Crippen molar-refractivity contribution in [2.24, 2.45) is 5.92 Å². The third-order valence-corrected chi connectivity index (χ3v) is 7.01. The lowest BCUT2D eigenvalue weighted by atomic mass is 9.92. The van der Waals surface area contributed by atoms with Crippen LogP contribution in [0.2, 0.25) is 0 Å². The zero-order chi connectivity index (χ0) is 21.5. The van der Waals surface area contributed by atoms with Gasteiger partial charge in [0.25, 0.3) is 0 Å². The minimum Gasteiger partial charge on any atom is -0.355 e. The molecule has 1 aromatic carbocycles. The van der Waals surface area contributed by atoms with E-state index in [9.17, 15) is 4.79 Å². The van der Waals surface area contributed by atoms with Crippen LogP contribution in [0.25, 0.3) is 5.69 Å². The van der Waals surface area contributed by atoms with E-state index in [4.69, 9.17) is 0 Å². The summed E-state index contributed by atoms with van der Waals surface area (Å²) in [7, 11) is 0. The van der Waals surface area contributed by atoms with Crippen LogP contribution in [-0.4, -0.2) is 64.3 Å². The summed E-state index contributed by atoms with van der Waals surface area (Å²) in [6.45, 7) is 8.52. The van der Waals surface area contributed by atoms with Crippen LogP contribution in [0.4, 0.5) is 0 Å². The van der Waals surface area contributed by atoms with Crippen molar-refractivity contribution in [3.05, 3.63) is 48.3 Å². The third-order valence-electron chi connectivity index (χ3n) is 7.01. The zero-order valence-electron chi connectivity index (χ0n) is 18.9. The molecule has 4 rings (SSSR count). The highest BCUT2D eigenvalue weighted by Gasteiger charge is 2.24. The molecule has 2 aromatic rings. The number of carbonyl (C=O) groups is 1. The molecule has 31 heavy (non-hydrogen) atoms. The Balaban J connectivity index is 1.15. The van der Waals surface area contributed by atoms with Crippen molar-refractivity contribution in [2.75, 3.05) is 32.7 Å². The summed E-state index contributed by atoms with van der Waals surface area (Å²) in [5, 5.41) is 7.52. The molecule has 3 heterocycles. The number of hydrogen-bond donors (Lipinski definition) is 1. The molecule has 1 N–H and O–H groups in total. The van der Waals surface area contributed by atoms with Gasteiger partial charge in [0, 0.05) is 37.9 Å². The first-order valence-corrected chi connectivity index (χ1v) is 12.0. The number of nitrogens with one attached hydrogen (secondary N) is 1. The van der Waals surface area contributed by atoms with Crippen LogP contribution in [0.3, 0.4) is 0 Å². The third kappa shape index (κ3) is 6.17. The molecule has 0 radical (unpaired) electrons. The van der Waals surface area contributed by atoms with Gasteiger partial charge < -0.3 is 5.32 Å². The number of carbonyl (C=O) groups excluding carboxylic acids is 1. The fourth-order valence-corrected chi connectivity index (χ4v) is 5.11. The fraction of sp³-hybridized carbons (Fsp3) is 0.600. The van der Waals surface area contributed by atoms with E-state index in [1.807, 2.05) is 23.1 Å². The highest BCUT2D eigenvalue weighted by atomic mass is 16.1. The molecular weight excluding hydrogens is 386 g/mol. The molecule has 0 spiro atoms. The molecule has 2 aliphatic rings. The van der Waals surface area contributed by atoms with Crippen molar-refractivity contribution in [3.63, 3.8) is 0 Å².